The van der Waals surface area contributed by atoms with Crippen LogP contribution >= 0.6 is 0 Å². The highest BCUT2D eigenvalue weighted by Gasteiger charge is 2.77. The van der Waals surface area contributed by atoms with Gasteiger partial charge in [0.15, 0.2) is 0 Å². The van der Waals surface area contributed by atoms with Crippen molar-refractivity contribution in [3.63, 3.8) is 0 Å². The van der Waals surface area contributed by atoms with E-state index in [4.69, 9.17) is 5.11 Å². The Morgan fingerprint density at radius 3 is 1.58 bits per heavy atom. The van der Waals surface area contributed by atoms with E-state index in [9.17, 15) is 48.7 Å². The summed E-state index contributed by atoms with van der Waals surface area (Å²) in [6.45, 7) is 0. The average molecular weight is 312 g/mol. The fourth-order valence-corrected chi connectivity index (χ4v) is 0.595. The molecule has 0 aromatic heterocycles. The van der Waals surface area contributed by atoms with Crippen LogP contribution in [0.3, 0.4) is 0 Å². The van der Waals surface area contributed by atoms with Crippen molar-refractivity contribution in [3.05, 3.63) is 0 Å². The molecule has 0 aromatic rings. The molecule has 0 heterocycles. The van der Waals surface area contributed by atoms with Gasteiger partial charge in [-0.15, -0.1) is 0 Å². The summed E-state index contributed by atoms with van der Waals surface area (Å²) in [5, 5.41) is 7.69. The van der Waals surface area contributed by atoms with Crippen LogP contribution in [0.4, 0.5) is 43.9 Å². The Morgan fingerprint density at radius 2 is 1.32 bits per heavy atom. The van der Waals surface area contributed by atoms with Gasteiger partial charge in [0.05, 0.1) is 0 Å². The van der Waals surface area contributed by atoms with Gasteiger partial charge in [0.1, 0.15) is 0 Å². The van der Waals surface area contributed by atoms with Gasteiger partial charge in [-0.1, -0.05) is 0 Å². The molecule has 0 bridgehead atoms. The predicted molar refractivity (Wildman–Crippen MR) is 34.5 cm³/mol. The van der Waals surface area contributed by atoms with Crippen LogP contribution in [-0.4, -0.2) is 41.6 Å². The second-order valence-electron chi connectivity index (χ2n) is 2.95. The Balaban J connectivity index is 5.32. The highest BCUT2D eigenvalue weighted by molar-refractivity contribution is 5.73. The second-order valence-corrected chi connectivity index (χ2v) is 2.95. The summed E-state index contributed by atoms with van der Waals surface area (Å²) in [4.78, 5) is 9.69. The van der Waals surface area contributed by atoms with Gasteiger partial charge in [-0.25, -0.2) is 13.9 Å². The van der Waals surface area contributed by atoms with Crippen molar-refractivity contribution >= 4 is 5.97 Å². The molecule has 0 amide bonds. The summed E-state index contributed by atoms with van der Waals surface area (Å²) < 4.78 is 122. The van der Waals surface area contributed by atoms with Crippen molar-refractivity contribution in [1.29, 1.82) is 0 Å². The molecule has 1 atom stereocenters. The van der Waals surface area contributed by atoms with Crippen LogP contribution in [0.15, 0.2) is 0 Å². The van der Waals surface area contributed by atoms with Crippen LogP contribution in [0.1, 0.15) is 0 Å². The van der Waals surface area contributed by atoms with E-state index >= 15 is 0 Å². The number of aliphatic carboxylic acids is 1. The normalized spacial score (nSPS) is 16.3. The Morgan fingerprint density at radius 1 is 0.947 bits per heavy atom. The molecule has 13 heteroatoms. The maximum absolute atomic E-state index is 12.3. The lowest BCUT2D eigenvalue weighted by Crippen LogP contribution is -2.57. The summed E-state index contributed by atoms with van der Waals surface area (Å²) in [6, 6.07) is 0. The molecule has 1 N–H and O–H groups in total. The van der Waals surface area contributed by atoms with E-state index in [1.54, 1.807) is 4.74 Å². The van der Waals surface area contributed by atoms with Crippen LogP contribution in [0.5, 0.6) is 0 Å². The van der Waals surface area contributed by atoms with Crippen molar-refractivity contribution in [2.45, 2.75) is 30.5 Å². The summed E-state index contributed by atoms with van der Waals surface area (Å²) in [6.07, 6.45) is -24.5. The van der Waals surface area contributed by atoms with Crippen LogP contribution in [0.25, 0.3) is 0 Å². The summed E-state index contributed by atoms with van der Waals surface area (Å²) in [5.74, 6) is -10.2. The monoisotopic (exact) mass is 312 g/mol. The maximum Gasteiger partial charge on any atom is 0.462 e. The van der Waals surface area contributed by atoms with Gasteiger partial charge >= 0.3 is 30.3 Å². The van der Waals surface area contributed by atoms with Crippen molar-refractivity contribution in [1.82, 2.24) is 0 Å². The molecule has 0 saturated heterocycles. The quantitative estimate of drug-likeness (QED) is 0.794. The van der Waals surface area contributed by atoms with E-state index in [1.807, 2.05) is 0 Å². The lowest BCUT2D eigenvalue weighted by molar-refractivity contribution is -0.476. The Hall–Kier alpha value is -1.27. The van der Waals surface area contributed by atoms with Crippen molar-refractivity contribution < 1.29 is 58.5 Å². The summed E-state index contributed by atoms with van der Waals surface area (Å²) >= 11 is 0. The number of halogens is 10. The molecule has 0 aliphatic carbocycles. The minimum atomic E-state index is -7.08. The first kappa shape index (κ1) is 17.7. The number of rotatable bonds is 5. The number of carbonyl (C=O) groups is 1. The molecule has 114 valence electrons. The van der Waals surface area contributed by atoms with E-state index < -0.39 is 36.5 Å². The van der Waals surface area contributed by atoms with E-state index in [1.165, 1.54) is 0 Å². The number of hydrogen-bond donors (Lipinski definition) is 1. The minimum Gasteiger partial charge on any atom is -0.479 e. The molecule has 3 nitrogen and oxygen atoms in total. The molecule has 0 fully saturated rings. The molecule has 0 aromatic carbocycles. The highest BCUT2D eigenvalue weighted by Crippen LogP contribution is 2.49. The SMILES string of the molecule is O=C(O)C(F)C(F)(F)OC(F)(F)C(F)(F)C(F)(F)F. The fraction of sp³-hybridized carbons (Fsp3) is 0.833. The topological polar surface area (TPSA) is 46.5 Å². The van der Waals surface area contributed by atoms with E-state index in [2.05, 4.69) is 0 Å². The number of alkyl halides is 10. The van der Waals surface area contributed by atoms with Gasteiger partial charge in [-0.2, -0.15) is 39.5 Å². The highest BCUT2D eigenvalue weighted by atomic mass is 19.4. The summed E-state index contributed by atoms with van der Waals surface area (Å²) in [7, 11) is 0. The van der Waals surface area contributed by atoms with E-state index in [0.717, 1.165) is 0 Å². The van der Waals surface area contributed by atoms with Gasteiger partial charge in [-0.3, -0.25) is 0 Å². The zero-order chi connectivity index (χ0) is 15.9. The molecule has 0 aliphatic heterocycles. The standard InChI is InChI=1S/C6H2F10O3/c7-1(2(17)18)3(8,9)19-6(15,16)4(10,11)5(12,13)14/h1H,(H,17,18). The van der Waals surface area contributed by atoms with Crippen LogP contribution in [0.2, 0.25) is 0 Å². The maximum atomic E-state index is 12.3. The molecule has 0 aliphatic rings. The predicted octanol–water partition coefficient (Wildman–Crippen LogP) is 2.81. The van der Waals surface area contributed by atoms with E-state index in [0.29, 0.717) is 0 Å². The number of carboxylic acid groups (broad SMARTS) is 1. The van der Waals surface area contributed by atoms with Crippen molar-refractivity contribution in [3.8, 4) is 0 Å². The second kappa shape index (κ2) is 4.68. The third-order valence-corrected chi connectivity index (χ3v) is 1.50. The first-order valence-corrected chi connectivity index (χ1v) is 3.83. The molecular formula is C6H2F10O3. The Kier molecular flexibility index (Phi) is 4.37. The van der Waals surface area contributed by atoms with Gasteiger partial charge in [0.25, 0.3) is 6.17 Å². The lowest BCUT2D eigenvalue weighted by Gasteiger charge is -2.30. The van der Waals surface area contributed by atoms with Crippen LogP contribution in [-0.2, 0) is 9.53 Å². The molecule has 0 spiro atoms. The van der Waals surface area contributed by atoms with Gasteiger partial charge < -0.3 is 5.11 Å². The van der Waals surface area contributed by atoms with Crippen LogP contribution < -0.4 is 0 Å². The number of carboxylic acids is 1. The number of hydrogen-bond acceptors (Lipinski definition) is 2. The van der Waals surface area contributed by atoms with Gasteiger partial charge in [-0.05, 0) is 0 Å². The Labute approximate surface area is 96.3 Å². The number of ether oxygens (including phenoxy) is 1. The average Bonchev–Trinajstić information content (AvgIpc) is 2.12. The zero-order valence-corrected chi connectivity index (χ0v) is 8.12. The summed E-state index contributed by atoms with van der Waals surface area (Å²) in [5.41, 5.74) is 0. The van der Waals surface area contributed by atoms with Gasteiger partial charge in [0.2, 0.25) is 0 Å². The molecular weight excluding hydrogens is 310 g/mol. The first-order chi connectivity index (χ1) is 8.06. The molecule has 19 heavy (non-hydrogen) atoms. The van der Waals surface area contributed by atoms with E-state index in [-0.39, 0.29) is 0 Å². The minimum absolute atomic E-state index is 1.75. The molecule has 0 radical (unpaired) electrons. The largest absolute Gasteiger partial charge is 0.479 e. The van der Waals surface area contributed by atoms with Crippen molar-refractivity contribution in [2.24, 2.45) is 0 Å². The third-order valence-electron chi connectivity index (χ3n) is 1.50. The van der Waals surface area contributed by atoms with Gasteiger partial charge in [0, 0.05) is 0 Å². The van der Waals surface area contributed by atoms with Crippen LogP contribution in [0, 0.1) is 0 Å². The smallest absolute Gasteiger partial charge is 0.462 e. The molecule has 0 rings (SSSR count). The molecule has 1 unspecified atom stereocenters. The Bertz CT molecular complexity index is 348. The lowest BCUT2D eigenvalue weighted by atomic mass is 10.3. The van der Waals surface area contributed by atoms with Crippen molar-refractivity contribution in [2.75, 3.05) is 0 Å². The third kappa shape index (κ3) is 3.39. The fourth-order valence-electron chi connectivity index (χ4n) is 0.595. The molecule has 0 saturated carbocycles. The zero-order valence-electron chi connectivity index (χ0n) is 8.12. The first-order valence-electron chi connectivity index (χ1n) is 3.83.